The molecule has 20 heavy (non-hydrogen) atoms. The second kappa shape index (κ2) is 6.93. The van der Waals surface area contributed by atoms with Crippen LogP contribution < -0.4 is 5.14 Å². The number of hydrogen-bond donors (Lipinski definition) is 1. The van der Waals surface area contributed by atoms with Gasteiger partial charge in [-0.05, 0) is 29.8 Å². The number of hydrogen-bond acceptors (Lipinski definition) is 2. The highest BCUT2D eigenvalue weighted by Crippen LogP contribution is 2.08. The Morgan fingerprint density at radius 3 is 2.45 bits per heavy atom. The van der Waals surface area contributed by atoms with Crippen LogP contribution in [0.5, 0.6) is 0 Å². The van der Waals surface area contributed by atoms with Crippen molar-refractivity contribution in [1.82, 2.24) is 0 Å². The minimum Gasteiger partial charge on any atom is -0.443 e. The Labute approximate surface area is 118 Å². The molecular weight excluding hydrogens is 279 g/mol. The number of ether oxygens (including phenoxy) is 1. The summed E-state index contributed by atoms with van der Waals surface area (Å²) >= 11 is 0. The molecule has 0 aliphatic carbocycles. The summed E-state index contributed by atoms with van der Waals surface area (Å²) in [6, 6.07) is 14.8. The molecule has 2 N–H and O–H groups in total. The minimum atomic E-state index is -1.15. The SMILES string of the molecule is NS(=NC(=O)OCc1ccccc1)c1ccc(F)cc1. The van der Waals surface area contributed by atoms with E-state index in [2.05, 4.69) is 4.36 Å². The van der Waals surface area contributed by atoms with Gasteiger partial charge in [0.15, 0.2) is 0 Å². The second-order valence-electron chi connectivity index (χ2n) is 3.90. The van der Waals surface area contributed by atoms with Crippen LogP contribution in [0.25, 0.3) is 0 Å². The fourth-order valence-electron chi connectivity index (χ4n) is 1.45. The van der Waals surface area contributed by atoms with Crippen molar-refractivity contribution in [1.29, 1.82) is 0 Å². The molecule has 0 aromatic heterocycles. The standard InChI is InChI=1S/C14H13FN2O2S/c15-12-6-8-13(9-7-12)20(16)17-14(18)19-10-11-4-2-1-3-5-11/h1-9H,10H2,(H2,16,17,18). The molecule has 0 spiro atoms. The molecule has 2 aromatic rings. The molecule has 1 atom stereocenters. The maximum absolute atomic E-state index is 12.8. The molecule has 1 amide bonds. The maximum atomic E-state index is 12.8. The molecule has 2 rings (SSSR count). The number of nitrogens with two attached hydrogens (primary N) is 1. The molecule has 4 nitrogen and oxygen atoms in total. The fourth-order valence-corrected chi connectivity index (χ4v) is 2.19. The summed E-state index contributed by atoms with van der Waals surface area (Å²) in [4.78, 5) is 12.1. The molecule has 0 aliphatic heterocycles. The van der Waals surface area contributed by atoms with Gasteiger partial charge < -0.3 is 4.74 Å². The summed E-state index contributed by atoms with van der Waals surface area (Å²) < 4.78 is 21.5. The summed E-state index contributed by atoms with van der Waals surface area (Å²) in [6.07, 6.45) is -0.732. The van der Waals surface area contributed by atoms with E-state index in [4.69, 9.17) is 9.88 Å². The average Bonchev–Trinajstić information content (AvgIpc) is 2.47. The molecular formula is C14H13FN2O2S. The zero-order valence-electron chi connectivity index (χ0n) is 10.5. The van der Waals surface area contributed by atoms with Gasteiger partial charge in [-0.2, -0.15) is 0 Å². The van der Waals surface area contributed by atoms with Crippen molar-refractivity contribution >= 4 is 17.0 Å². The van der Waals surface area contributed by atoms with Gasteiger partial charge in [0.05, 0.1) is 0 Å². The predicted molar refractivity (Wildman–Crippen MR) is 75.3 cm³/mol. The Morgan fingerprint density at radius 2 is 1.80 bits per heavy atom. The van der Waals surface area contributed by atoms with Crippen LogP contribution in [0.1, 0.15) is 5.56 Å². The van der Waals surface area contributed by atoms with E-state index in [0.717, 1.165) is 5.56 Å². The minimum absolute atomic E-state index is 0.143. The third-order valence-corrected chi connectivity index (χ3v) is 3.53. The summed E-state index contributed by atoms with van der Waals surface area (Å²) in [5.41, 5.74) is 0.870. The lowest BCUT2D eigenvalue weighted by atomic mass is 10.2. The van der Waals surface area contributed by atoms with E-state index in [0.29, 0.717) is 4.90 Å². The first-order valence-electron chi connectivity index (χ1n) is 5.82. The second-order valence-corrected chi connectivity index (χ2v) is 5.18. The van der Waals surface area contributed by atoms with Crippen molar-refractivity contribution in [2.24, 2.45) is 9.50 Å². The van der Waals surface area contributed by atoms with Crippen LogP contribution in [0, 0.1) is 5.82 Å². The Kier molecular flexibility index (Phi) is 4.97. The van der Waals surface area contributed by atoms with Gasteiger partial charge >= 0.3 is 6.09 Å². The van der Waals surface area contributed by atoms with Gasteiger partial charge in [-0.25, -0.2) is 9.18 Å². The number of carbonyl (C=O) groups is 1. The van der Waals surface area contributed by atoms with Gasteiger partial charge in [0, 0.05) is 15.8 Å². The molecule has 104 valence electrons. The lowest BCUT2D eigenvalue weighted by Crippen LogP contribution is -2.08. The molecule has 1 unspecified atom stereocenters. The lowest BCUT2D eigenvalue weighted by molar-refractivity contribution is 0.151. The normalized spacial score (nSPS) is 12.1. The quantitative estimate of drug-likeness (QED) is 0.944. The van der Waals surface area contributed by atoms with Crippen molar-refractivity contribution in [3.63, 3.8) is 0 Å². The van der Waals surface area contributed by atoms with Crippen molar-refractivity contribution in [2.45, 2.75) is 11.5 Å². The zero-order chi connectivity index (χ0) is 14.4. The summed E-state index contributed by atoms with van der Waals surface area (Å²) in [5.74, 6) is -0.364. The number of rotatable bonds is 3. The third kappa shape index (κ3) is 4.25. The molecule has 0 aliphatic rings. The molecule has 0 saturated carbocycles. The number of nitrogens with zero attached hydrogens (tertiary/aromatic N) is 1. The van der Waals surface area contributed by atoms with Gasteiger partial charge in [-0.15, -0.1) is 4.36 Å². The Bertz CT molecular complexity index is 615. The first-order chi connectivity index (χ1) is 9.65. The maximum Gasteiger partial charge on any atom is 0.441 e. The van der Waals surface area contributed by atoms with Crippen LogP contribution in [-0.4, -0.2) is 6.09 Å². The monoisotopic (exact) mass is 292 g/mol. The van der Waals surface area contributed by atoms with E-state index in [-0.39, 0.29) is 12.4 Å². The molecule has 6 heteroatoms. The fraction of sp³-hybridized carbons (Fsp3) is 0.0714. The average molecular weight is 292 g/mol. The molecule has 0 radical (unpaired) electrons. The zero-order valence-corrected chi connectivity index (χ0v) is 11.3. The van der Waals surface area contributed by atoms with Crippen LogP contribution in [0.2, 0.25) is 0 Å². The first-order valence-corrected chi connectivity index (χ1v) is 7.06. The van der Waals surface area contributed by atoms with Crippen LogP contribution >= 0.6 is 0 Å². The van der Waals surface area contributed by atoms with Gasteiger partial charge in [0.1, 0.15) is 12.4 Å². The van der Waals surface area contributed by atoms with Gasteiger partial charge in [0.2, 0.25) is 0 Å². The van der Waals surface area contributed by atoms with Crippen LogP contribution in [0.15, 0.2) is 63.9 Å². The van der Waals surface area contributed by atoms with E-state index in [1.54, 1.807) is 0 Å². The van der Waals surface area contributed by atoms with Crippen molar-refractivity contribution in [2.75, 3.05) is 0 Å². The van der Waals surface area contributed by atoms with E-state index < -0.39 is 17.0 Å². The van der Waals surface area contributed by atoms with Gasteiger partial charge in [-0.3, -0.25) is 5.14 Å². The molecule has 0 saturated heterocycles. The highest BCUT2D eigenvalue weighted by Gasteiger charge is 2.04. The van der Waals surface area contributed by atoms with Gasteiger partial charge in [-0.1, -0.05) is 30.3 Å². The van der Waals surface area contributed by atoms with E-state index in [9.17, 15) is 9.18 Å². The molecule has 0 bridgehead atoms. The summed E-state index contributed by atoms with van der Waals surface area (Å²) in [7, 11) is -1.15. The smallest absolute Gasteiger partial charge is 0.441 e. The van der Waals surface area contributed by atoms with E-state index in [1.807, 2.05) is 30.3 Å². The highest BCUT2D eigenvalue weighted by atomic mass is 32.2. The van der Waals surface area contributed by atoms with E-state index in [1.165, 1.54) is 24.3 Å². The van der Waals surface area contributed by atoms with Crippen LogP contribution in [0.3, 0.4) is 0 Å². The van der Waals surface area contributed by atoms with Crippen molar-refractivity contribution in [3.05, 3.63) is 66.0 Å². The Balaban J connectivity index is 1.96. The number of amides is 1. The summed E-state index contributed by atoms with van der Waals surface area (Å²) in [6.45, 7) is 0.143. The van der Waals surface area contributed by atoms with E-state index >= 15 is 0 Å². The number of halogens is 1. The Hall–Kier alpha value is -2.05. The topological polar surface area (TPSA) is 64.7 Å². The highest BCUT2D eigenvalue weighted by molar-refractivity contribution is 7.85. The lowest BCUT2D eigenvalue weighted by Gasteiger charge is -2.03. The van der Waals surface area contributed by atoms with Crippen LogP contribution in [-0.2, 0) is 22.2 Å². The number of benzene rings is 2. The first kappa shape index (κ1) is 14.4. The largest absolute Gasteiger partial charge is 0.443 e. The van der Waals surface area contributed by atoms with Crippen molar-refractivity contribution < 1.29 is 13.9 Å². The predicted octanol–water partition coefficient (Wildman–Crippen LogP) is 3.20. The molecule has 0 heterocycles. The third-order valence-electron chi connectivity index (χ3n) is 2.43. The Morgan fingerprint density at radius 1 is 1.15 bits per heavy atom. The van der Waals surface area contributed by atoms with Crippen LogP contribution in [0.4, 0.5) is 9.18 Å². The number of carbonyl (C=O) groups excluding carboxylic acids is 1. The molecule has 0 fully saturated rings. The van der Waals surface area contributed by atoms with Gasteiger partial charge in [0.25, 0.3) is 0 Å². The molecule has 2 aromatic carbocycles. The van der Waals surface area contributed by atoms with Crippen molar-refractivity contribution in [3.8, 4) is 0 Å². The summed E-state index contributed by atoms with van der Waals surface area (Å²) in [5, 5.41) is 5.75.